The molecule has 31 heavy (non-hydrogen) atoms. The van der Waals surface area contributed by atoms with E-state index in [1.165, 1.54) is 11.5 Å². The van der Waals surface area contributed by atoms with Crippen molar-refractivity contribution in [3.05, 3.63) is 40.7 Å². The maximum atomic E-state index is 13.2. The Morgan fingerprint density at radius 3 is 2.55 bits per heavy atom. The molecule has 1 aromatic heterocycles. The van der Waals surface area contributed by atoms with Gasteiger partial charge in [0, 0.05) is 55.7 Å². The Labute approximate surface area is 190 Å². The van der Waals surface area contributed by atoms with Gasteiger partial charge in [-0.3, -0.25) is 4.79 Å². The van der Waals surface area contributed by atoms with Crippen LogP contribution in [0.1, 0.15) is 31.2 Å². The van der Waals surface area contributed by atoms with Crippen LogP contribution < -0.4 is 4.90 Å². The molecule has 3 heterocycles. The molecule has 0 aliphatic carbocycles. The number of amides is 2. The van der Waals surface area contributed by atoms with Crippen molar-refractivity contribution in [2.75, 3.05) is 44.2 Å². The molecule has 166 valence electrons. The summed E-state index contributed by atoms with van der Waals surface area (Å²) >= 11 is 7.30. The van der Waals surface area contributed by atoms with Crippen molar-refractivity contribution in [1.29, 1.82) is 0 Å². The average Bonchev–Trinajstić information content (AvgIpc) is 3.44. The molecule has 1 unspecified atom stereocenters. The Bertz CT molecular complexity index is 914. The van der Waals surface area contributed by atoms with Crippen LogP contribution >= 0.6 is 23.1 Å². The second-order valence-corrected chi connectivity index (χ2v) is 8.83. The Morgan fingerprint density at radius 2 is 1.84 bits per heavy atom. The quantitative estimate of drug-likeness (QED) is 0.678. The number of aromatic nitrogens is 2. The summed E-state index contributed by atoms with van der Waals surface area (Å²) in [6, 6.07) is 7.45. The first kappa shape index (κ1) is 21.8. The minimum absolute atomic E-state index is 0.107. The maximum Gasteiger partial charge on any atom is 0.409 e. The lowest BCUT2D eigenvalue weighted by molar-refractivity contribution is -0.134. The molecule has 2 aliphatic heterocycles. The SMILES string of the molecule is CCOC(=O)N1CCN(C(=O)C2CCCN2c2nc(Cc3ccc(Cl)cc3)ns2)CC1. The van der Waals surface area contributed by atoms with Crippen molar-refractivity contribution in [2.45, 2.75) is 32.2 Å². The van der Waals surface area contributed by atoms with Crippen LogP contribution in [0.4, 0.5) is 9.93 Å². The monoisotopic (exact) mass is 463 g/mol. The van der Waals surface area contributed by atoms with E-state index in [4.69, 9.17) is 21.3 Å². The number of carbonyl (C=O) groups excluding carboxylic acids is 2. The predicted molar refractivity (Wildman–Crippen MR) is 120 cm³/mol. The molecule has 8 nitrogen and oxygen atoms in total. The molecule has 0 saturated carbocycles. The largest absolute Gasteiger partial charge is 0.450 e. The number of halogens is 1. The zero-order valence-electron chi connectivity index (χ0n) is 17.5. The van der Waals surface area contributed by atoms with E-state index < -0.39 is 0 Å². The fourth-order valence-corrected chi connectivity index (χ4v) is 4.89. The van der Waals surface area contributed by atoms with Gasteiger partial charge in [0.1, 0.15) is 11.9 Å². The number of anilines is 1. The molecule has 0 bridgehead atoms. The molecule has 2 fully saturated rings. The third-order valence-corrected chi connectivity index (χ3v) is 6.68. The van der Waals surface area contributed by atoms with Gasteiger partial charge in [-0.2, -0.15) is 4.37 Å². The highest BCUT2D eigenvalue weighted by atomic mass is 35.5. The van der Waals surface area contributed by atoms with Crippen LogP contribution in [0.15, 0.2) is 24.3 Å². The maximum absolute atomic E-state index is 13.2. The van der Waals surface area contributed by atoms with Crippen LogP contribution in [0.2, 0.25) is 5.02 Å². The van der Waals surface area contributed by atoms with Gasteiger partial charge in [0.15, 0.2) is 0 Å². The number of hydrogen-bond donors (Lipinski definition) is 0. The second-order valence-electron chi connectivity index (χ2n) is 7.66. The van der Waals surface area contributed by atoms with Crippen LogP contribution in [0, 0.1) is 0 Å². The minimum Gasteiger partial charge on any atom is -0.450 e. The molecule has 2 saturated heterocycles. The highest BCUT2D eigenvalue weighted by Crippen LogP contribution is 2.29. The molecule has 1 aromatic carbocycles. The number of nitrogens with zero attached hydrogens (tertiary/aromatic N) is 5. The van der Waals surface area contributed by atoms with Gasteiger partial charge in [0.05, 0.1) is 6.61 Å². The summed E-state index contributed by atoms with van der Waals surface area (Å²) in [6.45, 7) is 5.01. The lowest BCUT2D eigenvalue weighted by Crippen LogP contribution is -2.54. The van der Waals surface area contributed by atoms with Crippen LogP contribution in [0.3, 0.4) is 0 Å². The normalized spacial score (nSPS) is 19.0. The number of rotatable bonds is 5. The van der Waals surface area contributed by atoms with Crippen molar-refractivity contribution in [3.8, 4) is 0 Å². The molecule has 0 radical (unpaired) electrons. The van der Waals surface area contributed by atoms with Crippen molar-refractivity contribution >= 4 is 40.3 Å². The molecule has 2 amide bonds. The highest BCUT2D eigenvalue weighted by molar-refractivity contribution is 7.09. The van der Waals surface area contributed by atoms with E-state index in [1.807, 2.05) is 29.2 Å². The fourth-order valence-electron chi connectivity index (χ4n) is 4.01. The minimum atomic E-state index is -0.306. The van der Waals surface area contributed by atoms with Gasteiger partial charge in [-0.1, -0.05) is 23.7 Å². The summed E-state index contributed by atoms with van der Waals surface area (Å²) in [5.41, 5.74) is 1.10. The Hall–Kier alpha value is -2.39. The van der Waals surface area contributed by atoms with Crippen LogP contribution in [-0.4, -0.2) is 76.5 Å². The molecule has 0 spiro atoms. The predicted octanol–water partition coefficient (Wildman–Crippen LogP) is 3.05. The Kier molecular flexibility index (Phi) is 6.92. The van der Waals surface area contributed by atoms with Crippen LogP contribution in [0.5, 0.6) is 0 Å². The smallest absolute Gasteiger partial charge is 0.409 e. The van der Waals surface area contributed by atoms with Gasteiger partial charge in [-0.15, -0.1) is 0 Å². The number of ether oxygens (including phenoxy) is 1. The fraction of sp³-hybridized carbons (Fsp3) is 0.524. The summed E-state index contributed by atoms with van der Waals surface area (Å²) in [4.78, 5) is 35.4. The second kappa shape index (κ2) is 9.82. The number of carbonyl (C=O) groups is 2. The lowest BCUT2D eigenvalue weighted by atomic mass is 10.1. The van der Waals surface area contributed by atoms with Gasteiger partial charge < -0.3 is 19.4 Å². The van der Waals surface area contributed by atoms with E-state index in [0.29, 0.717) is 44.2 Å². The summed E-state index contributed by atoms with van der Waals surface area (Å²) < 4.78 is 9.56. The highest BCUT2D eigenvalue weighted by Gasteiger charge is 2.37. The summed E-state index contributed by atoms with van der Waals surface area (Å²) in [5, 5.41) is 1.50. The molecule has 0 N–H and O–H groups in total. The Balaban J connectivity index is 1.37. The lowest BCUT2D eigenvalue weighted by Gasteiger charge is -2.36. The number of piperazine rings is 1. The number of hydrogen-bond acceptors (Lipinski definition) is 7. The first-order valence-electron chi connectivity index (χ1n) is 10.6. The van der Waals surface area contributed by atoms with Crippen LogP contribution in [-0.2, 0) is 16.0 Å². The van der Waals surface area contributed by atoms with Crippen molar-refractivity contribution < 1.29 is 14.3 Å². The van der Waals surface area contributed by atoms with E-state index in [1.54, 1.807) is 11.8 Å². The topological polar surface area (TPSA) is 78.9 Å². The van der Waals surface area contributed by atoms with E-state index >= 15 is 0 Å². The summed E-state index contributed by atoms with van der Waals surface area (Å²) in [6.07, 6.45) is 2.09. The molecule has 2 aliphatic rings. The van der Waals surface area contributed by atoms with Crippen LogP contribution in [0.25, 0.3) is 0 Å². The van der Waals surface area contributed by atoms with E-state index in [2.05, 4.69) is 9.27 Å². The molecule has 10 heteroatoms. The first-order chi connectivity index (χ1) is 15.0. The zero-order valence-corrected chi connectivity index (χ0v) is 19.1. The van der Waals surface area contributed by atoms with Gasteiger partial charge in [0.2, 0.25) is 11.0 Å². The molecule has 1 atom stereocenters. The van der Waals surface area contributed by atoms with Gasteiger partial charge in [-0.25, -0.2) is 9.78 Å². The third kappa shape index (κ3) is 5.10. The zero-order chi connectivity index (χ0) is 21.8. The number of benzene rings is 1. The Morgan fingerprint density at radius 1 is 1.13 bits per heavy atom. The molecule has 4 rings (SSSR count). The molecular weight excluding hydrogens is 438 g/mol. The third-order valence-electron chi connectivity index (χ3n) is 5.63. The average molecular weight is 464 g/mol. The standard InChI is InChI=1S/C21H26ClN5O3S/c1-2-30-21(29)26-12-10-25(11-13-26)19(28)17-4-3-9-27(17)20-23-18(24-31-20)14-15-5-7-16(22)8-6-15/h5-8,17H,2-4,9-14H2,1H3. The van der Waals surface area contributed by atoms with E-state index in [-0.39, 0.29) is 18.0 Å². The van der Waals surface area contributed by atoms with Gasteiger partial charge in [-0.05, 0) is 37.5 Å². The van der Waals surface area contributed by atoms with E-state index in [0.717, 1.165) is 35.9 Å². The van der Waals surface area contributed by atoms with Gasteiger partial charge in [0.25, 0.3) is 0 Å². The van der Waals surface area contributed by atoms with Gasteiger partial charge >= 0.3 is 6.09 Å². The van der Waals surface area contributed by atoms with Crippen molar-refractivity contribution in [3.63, 3.8) is 0 Å². The van der Waals surface area contributed by atoms with Crippen molar-refractivity contribution in [2.24, 2.45) is 0 Å². The molecule has 2 aromatic rings. The summed E-state index contributed by atoms with van der Waals surface area (Å²) in [7, 11) is 0. The first-order valence-corrected chi connectivity index (χ1v) is 11.7. The molecular formula is C21H26ClN5O3S. The van der Waals surface area contributed by atoms with Crippen molar-refractivity contribution in [1.82, 2.24) is 19.2 Å². The summed E-state index contributed by atoms with van der Waals surface area (Å²) in [5.74, 6) is 0.860. The van der Waals surface area contributed by atoms with E-state index in [9.17, 15) is 9.59 Å².